The Morgan fingerprint density at radius 1 is 0.931 bits per heavy atom. The average Bonchev–Trinajstić information content (AvgIpc) is 2.71. The molecule has 0 radical (unpaired) electrons. The van der Waals surface area contributed by atoms with Gasteiger partial charge >= 0.3 is 0 Å². The molecule has 0 heterocycles. The van der Waals surface area contributed by atoms with E-state index in [2.05, 4.69) is 50.4 Å². The molecule has 2 rings (SSSR count). The maximum atomic E-state index is 11.2. The molecule has 0 bridgehead atoms. The second kappa shape index (κ2) is 15.1. The summed E-state index contributed by atoms with van der Waals surface area (Å²) in [5.74, 6) is -0.375. The summed E-state index contributed by atoms with van der Waals surface area (Å²) in [5.41, 5.74) is 8.39. The van der Waals surface area contributed by atoms with E-state index in [4.69, 9.17) is 5.73 Å². The van der Waals surface area contributed by atoms with Crippen molar-refractivity contribution < 1.29 is 4.79 Å². The van der Waals surface area contributed by atoms with Crippen LogP contribution in [0.25, 0.3) is 0 Å². The van der Waals surface area contributed by atoms with Crippen LogP contribution in [0.4, 0.5) is 0 Å². The number of nitrogens with one attached hydrogen (secondary N) is 1. The lowest BCUT2D eigenvalue weighted by atomic mass is 10.1. The zero-order valence-corrected chi connectivity index (χ0v) is 19.4. The van der Waals surface area contributed by atoms with Crippen LogP contribution < -0.4 is 11.1 Å². The van der Waals surface area contributed by atoms with Gasteiger partial charge in [0.05, 0.1) is 0 Å². The summed E-state index contributed by atoms with van der Waals surface area (Å²) < 4.78 is 0. The van der Waals surface area contributed by atoms with Crippen molar-refractivity contribution in [3.8, 4) is 0 Å². The number of hydrogen-bond donors (Lipinski definition) is 2. The molecule has 0 aliphatic heterocycles. The predicted octanol–water partition coefficient (Wildman–Crippen LogP) is 6.37. The highest BCUT2D eigenvalue weighted by Gasteiger charge is 2.08. The zero-order valence-electron chi connectivity index (χ0n) is 18.6. The molecular weight excluding hydrogens is 376 g/mol. The Bertz CT molecular complexity index is 727. The quantitative estimate of drug-likeness (QED) is 0.420. The van der Waals surface area contributed by atoms with Gasteiger partial charge in [0.1, 0.15) is 0 Å². The number of carbonyl (C=O) groups is 1. The summed E-state index contributed by atoms with van der Waals surface area (Å²) in [6.45, 7) is 11.0. The first kappa shape index (κ1) is 25.3. The van der Waals surface area contributed by atoms with E-state index in [1.54, 1.807) is 17.8 Å². The van der Waals surface area contributed by atoms with E-state index in [0.717, 1.165) is 12.0 Å². The van der Waals surface area contributed by atoms with Crippen LogP contribution in [0.1, 0.15) is 74.4 Å². The number of rotatable bonds is 11. The maximum absolute atomic E-state index is 11.2. The zero-order chi connectivity index (χ0) is 21.5. The molecule has 0 aliphatic carbocycles. The van der Waals surface area contributed by atoms with E-state index in [-0.39, 0.29) is 5.91 Å². The SMILES string of the molecule is CCCCCc1ccccc1Sc1ccc(C(N)=O)cc1C.CCCNCCC. The molecule has 2 aromatic carbocycles. The van der Waals surface area contributed by atoms with Crippen molar-refractivity contribution >= 4 is 17.7 Å². The van der Waals surface area contributed by atoms with Gasteiger partial charge in [0.15, 0.2) is 0 Å². The number of carbonyl (C=O) groups excluding carboxylic acids is 1. The lowest BCUT2D eigenvalue weighted by Crippen LogP contribution is -2.14. The smallest absolute Gasteiger partial charge is 0.248 e. The molecule has 0 spiro atoms. The Hall–Kier alpha value is -1.78. The fourth-order valence-corrected chi connectivity index (χ4v) is 3.93. The molecule has 0 atom stereocenters. The molecular formula is C25H38N2OS. The first-order chi connectivity index (χ1) is 14.0. The van der Waals surface area contributed by atoms with E-state index >= 15 is 0 Å². The van der Waals surface area contributed by atoms with Crippen molar-refractivity contribution in [1.29, 1.82) is 0 Å². The predicted molar refractivity (Wildman–Crippen MR) is 127 cm³/mol. The normalized spacial score (nSPS) is 10.3. The third-order valence-electron chi connectivity index (χ3n) is 4.56. The summed E-state index contributed by atoms with van der Waals surface area (Å²) in [4.78, 5) is 13.7. The monoisotopic (exact) mass is 414 g/mol. The van der Waals surface area contributed by atoms with E-state index in [1.807, 2.05) is 19.1 Å². The number of benzene rings is 2. The molecule has 4 heteroatoms. The van der Waals surface area contributed by atoms with E-state index in [9.17, 15) is 4.79 Å². The number of amides is 1. The van der Waals surface area contributed by atoms with Crippen LogP contribution in [-0.4, -0.2) is 19.0 Å². The molecule has 3 nitrogen and oxygen atoms in total. The minimum Gasteiger partial charge on any atom is -0.366 e. The highest BCUT2D eigenvalue weighted by Crippen LogP contribution is 2.33. The first-order valence-electron chi connectivity index (χ1n) is 10.9. The summed E-state index contributed by atoms with van der Waals surface area (Å²) in [5, 5.41) is 3.28. The molecule has 0 unspecified atom stereocenters. The highest BCUT2D eigenvalue weighted by atomic mass is 32.2. The molecule has 3 N–H and O–H groups in total. The second-order valence-electron chi connectivity index (χ2n) is 7.26. The van der Waals surface area contributed by atoms with Gasteiger partial charge in [-0.25, -0.2) is 0 Å². The van der Waals surface area contributed by atoms with Crippen LogP contribution >= 0.6 is 11.8 Å². The average molecular weight is 415 g/mol. The van der Waals surface area contributed by atoms with E-state index < -0.39 is 0 Å². The highest BCUT2D eigenvalue weighted by molar-refractivity contribution is 7.99. The van der Waals surface area contributed by atoms with Crippen molar-refractivity contribution in [1.82, 2.24) is 5.32 Å². The van der Waals surface area contributed by atoms with Gasteiger partial charge < -0.3 is 11.1 Å². The molecule has 0 saturated carbocycles. The van der Waals surface area contributed by atoms with Gasteiger partial charge in [-0.1, -0.05) is 63.6 Å². The number of hydrogen-bond acceptors (Lipinski definition) is 3. The summed E-state index contributed by atoms with van der Waals surface area (Å²) >= 11 is 1.77. The summed E-state index contributed by atoms with van der Waals surface area (Å²) in [7, 11) is 0. The van der Waals surface area contributed by atoms with Gasteiger partial charge in [0.25, 0.3) is 0 Å². The minimum absolute atomic E-state index is 0.375. The van der Waals surface area contributed by atoms with Crippen LogP contribution in [0.3, 0.4) is 0 Å². The van der Waals surface area contributed by atoms with E-state index in [1.165, 1.54) is 60.5 Å². The molecule has 0 fully saturated rings. The summed E-state index contributed by atoms with van der Waals surface area (Å²) in [6.07, 6.45) is 7.36. The van der Waals surface area contributed by atoms with Gasteiger partial charge in [0, 0.05) is 15.4 Å². The Morgan fingerprint density at radius 3 is 2.21 bits per heavy atom. The van der Waals surface area contributed by atoms with Gasteiger partial charge in [-0.2, -0.15) is 0 Å². The fraction of sp³-hybridized carbons (Fsp3) is 0.480. The van der Waals surface area contributed by atoms with Gasteiger partial charge in [-0.05, 0) is 81.1 Å². The first-order valence-corrected chi connectivity index (χ1v) is 11.7. The molecule has 0 aromatic heterocycles. The van der Waals surface area contributed by atoms with Crippen LogP contribution in [0.15, 0.2) is 52.3 Å². The number of unbranched alkanes of at least 4 members (excludes halogenated alkanes) is 2. The Kier molecular flexibility index (Phi) is 13.2. The fourth-order valence-electron chi connectivity index (χ4n) is 2.89. The maximum Gasteiger partial charge on any atom is 0.248 e. The lowest BCUT2D eigenvalue weighted by Gasteiger charge is -2.11. The van der Waals surface area contributed by atoms with Crippen LogP contribution in [0, 0.1) is 6.92 Å². The Labute approximate surface area is 181 Å². The number of primary amides is 1. The Morgan fingerprint density at radius 2 is 1.62 bits per heavy atom. The van der Waals surface area contributed by atoms with Crippen LogP contribution in [0.5, 0.6) is 0 Å². The lowest BCUT2D eigenvalue weighted by molar-refractivity contribution is 0.1000. The number of aryl methyl sites for hydroxylation is 2. The third-order valence-corrected chi connectivity index (χ3v) is 5.85. The Balaban J connectivity index is 0.000000516. The summed E-state index contributed by atoms with van der Waals surface area (Å²) in [6, 6.07) is 14.2. The van der Waals surface area contributed by atoms with Gasteiger partial charge in [-0.3, -0.25) is 4.79 Å². The van der Waals surface area contributed by atoms with E-state index in [0.29, 0.717) is 5.56 Å². The molecule has 1 amide bonds. The van der Waals surface area contributed by atoms with Gasteiger partial charge in [-0.15, -0.1) is 0 Å². The van der Waals surface area contributed by atoms with Crippen molar-refractivity contribution in [3.63, 3.8) is 0 Å². The van der Waals surface area contributed by atoms with Gasteiger partial charge in [0.2, 0.25) is 5.91 Å². The van der Waals surface area contributed by atoms with Crippen LogP contribution in [0.2, 0.25) is 0 Å². The topological polar surface area (TPSA) is 55.1 Å². The molecule has 0 aliphatic rings. The second-order valence-corrected chi connectivity index (χ2v) is 8.35. The van der Waals surface area contributed by atoms with Crippen molar-refractivity contribution in [2.24, 2.45) is 5.73 Å². The van der Waals surface area contributed by atoms with Crippen LogP contribution in [-0.2, 0) is 6.42 Å². The van der Waals surface area contributed by atoms with Crippen molar-refractivity contribution in [2.45, 2.75) is 76.0 Å². The number of nitrogens with two attached hydrogens (primary N) is 1. The molecule has 29 heavy (non-hydrogen) atoms. The largest absolute Gasteiger partial charge is 0.366 e. The minimum atomic E-state index is -0.375. The van der Waals surface area contributed by atoms with Crippen molar-refractivity contribution in [3.05, 3.63) is 59.2 Å². The molecule has 2 aromatic rings. The molecule has 160 valence electrons. The molecule has 0 saturated heterocycles. The standard InChI is InChI=1S/C19H23NOS.C6H15N/c1-3-4-5-8-15-9-6-7-10-18(15)22-17-12-11-16(19(20)21)13-14(17)2;1-3-5-7-6-4-2/h6-7,9-13H,3-5,8H2,1-2H3,(H2,20,21);7H,3-6H2,1-2H3. The third kappa shape index (κ3) is 10.00. The van der Waals surface area contributed by atoms with Crippen molar-refractivity contribution in [2.75, 3.05) is 13.1 Å².